The number of thiazole rings is 1. The second-order valence-corrected chi connectivity index (χ2v) is 7.89. The summed E-state index contributed by atoms with van der Waals surface area (Å²) >= 11 is 1.55. The van der Waals surface area contributed by atoms with Gasteiger partial charge in [0.2, 0.25) is 0 Å². The third-order valence-corrected chi connectivity index (χ3v) is 6.64. The zero-order valence-corrected chi connectivity index (χ0v) is 13.1. The number of nitrogens with zero attached hydrogens (tertiary/aromatic N) is 2. The van der Waals surface area contributed by atoms with Crippen LogP contribution in [0.4, 0.5) is 9.93 Å². The van der Waals surface area contributed by atoms with Gasteiger partial charge in [0.05, 0.1) is 23.8 Å². The molecule has 6 heteroatoms. The standard InChI is InChI=1S/C16H19N3O2S/c20-16(18-15-17-13-3-4-21-8-14(13)22-15)19-6-11-9-1-2-10(5-9)12(11)7-19/h1-2,9-12H,3-8H2,(H,17,18,20)/t9?,10?,11-,12+. The Morgan fingerprint density at radius 2 is 2.09 bits per heavy atom. The molecule has 2 aliphatic carbocycles. The molecule has 0 radical (unpaired) electrons. The van der Waals surface area contributed by atoms with Crippen LogP contribution in [0, 0.1) is 23.7 Å². The third kappa shape index (κ3) is 1.93. The summed E-state index contributed by atoms with van der Waals surface area (Å²) in [4.78, 5) is 20.2. The van der Waals surface area contributed by atoms with Crippen molar-refractivity contribution in [3.8, 4) is 0 Å². The van der Waals surface area contributed by atoms with Gasteiger partial charge in [-0.2, -0.15) is 0 Å². The molecule has 116 valence electrons. The molecule has 5 nitrogen and oxygen atoms in total. The predicted molar refractivity (Wildman–Crippen MR) is 83.8 cm³/mol. The van der Waals surface area contributed by atoms with Crippen molar-refractivity contribution in [2.24, 2.45) is 23.7 Å². The van der Waals surface area contributed by atoms with Crippen LogP contribution in [-0.2, 0) is 17.8 Å². The van der Waals surface area contributed by atoms with Gasteiger partial charge in [-0.15, -0.1) is 0 Å². The Balaban J connectivity index is 1.27. The van der Waals surface area contributed by atoms with Crippen LogP contribution >= 0.6 is 11.3 Å². The van der Waals surface area contributed by atoms with Crippen LogP contribution in [0.2, 0.25) is 0 Å². The first-order chi connectivity index (χ1) is 10.8. The van der Waals surface area contributed by atoms with Gasteiger partial charge >= 0.3 is 6.03 Å². The number of carbonyl (C=O) groups is 1. The number of hydrogen-bond donors (Lipinski definition) is 1. The quantitative estimate of drug-likeness (QED) is 0.810. The zero-order valence-electron chi connectivity index (χ0n) is 12.3. The highest BCUT2D eigenvalue weighted by molar-refractivity contribution is 7.15. The van der Waals surface area contributed by atoms with Crippen LogP contribution in [0.3, 0.4) is 0 Å². The van der Waals surface area contributed by atoms with E-state index < -0.39 is 0 Å². The van der Waals surface area contributed by atoms with Crippen molar-refractivity contribution in [2.75, 3.05) is 25.0 Å². The van der Waals surface area contributed by atoms with Crippen LogP contribution in [0.25, 0.3) is 0 Å². The Morgan fingerprint density at radius 1 is 1.32 bits per heavy atom. The molecule has 0 spiro atoms. The highest BCUT2D eigenvalue weighted by Crippen LogP contribution is 2.51. The van der Waals surface area contributed by atoms with Gasteiger partial charge in [-0.3, -0.25) is 5.32 Å². The second kappa shape index (κ2) is 4.80. The smallest absolute Gasteiger partial charge is 0.323 e. The van der Waals surface area contributed by atoms with Gasteiger partial charge in [0.1, 0.15) is 0 Å². The van der Waals surface area contributed by atoms with Crippen LogP contribution in [0.5, 0.6) is 0 Å². The zero-order chi connectivity index (χ0) is 14.7. The second-order valence-electron chi connectivity index (χ2n) is 6.80. The molecule has 1 aromatic rings. The average molecular weight is 317 g/mol. The number of carbonyl (C=O) groups excluding carboxylic acids is 1. The number of fused-ring (bicyclic) bond motifs is 6. The summed E-state index contributed by atoms with van der Waals surface area (Å²) in [5, 5.41) is 3.72. The molecule has 1 saturated carbocycles. The number of rotatable bonds is 1. The Kier molecular flexibility index (Phi) is 2.85. The van der Waals surface area contributed by atoms with Crippen LogP contribution in [-0.4, -0.2) is 35.6 Å². The van der Waals surface area contributed by atoms with E-state index in [2.05, 4.69) is 22.5 Å². The van der Waals surface area contributed by atoms with E-state index in [9.17, 15) is 4.79 Å². The molecule has 2 aliphatic heterocycles. The monoisotopic (exact) mass is 317 g/mol. The first-order valence-electron chi connectivity index (χ1n) is 8.08. The number of ether oxygens (including phenoxy) is 1. The molecule has 1 saturated heterocycles. The van der Waals surface area contributed by atoms with Crippen LogP contribution in [0.15, 0.2) is 12.2 Å². The number of amides is 2. The van der Waals surface area contributed by atoms with E-state index in [0.29, 0.717) is 30.3 Å². The van der Waals surface area contributed by atoms with Crippen LogP contribution in [0.1, 0.15) is 17.0 Å². The predicted octanol–water partition coefficient (Wildman–Crippen LogP) is 2.50. The van der Waals surface area contributed by atoms with Crippen molar-refractivity contribution >= 4 is 22.5 Å². The average Bonchev–Trinajstić information content (AvgIpc) is 3.26. The molecule has 5 rings (SSSR count). The minimum absolute atomic E-state index is 0.0146. The van der Waals surface area contributed by atoms with Crippen molar-refractivity contribution in [2.45, 2.75) is 19.4 Å². The topological polar surface area (TPSA) is 54.5 Å². The first kappa shape index (κ1) is 13.1. The molecule has 3 heterocycles. The molecule has 2 unspecified atom stereocenters. The third-order valence-electron chi connectivity index (χ3n) is 5.66. The van der Waals surface area contributed by atoms with Crippen molar-refractivity contribution in [1.29, 1.82) is 0 Å². The molecular formula is C16H19N3O2S. The van der Waals surface area contributed by atoms with Gasteiger partial charge < -0.3 is 9.64 Å². The van der Waals surface area contributed by atoms with E-state index in [0.717, 1.165) is 41.8 Å². The lowest BCUT2D eigenvalue weighted by atomic mass is 9.86. The van der Waals surface area contributed by atoms with Crippen molar-refractivity contribution in [3.63, 3.8) is 0 Å². The van der Waals surface area contributed by atoms with E-state index in [-0.39, 0.29) is 6.03 Å². The summed E-state index contributed by atoms with van der Waals surface area (Å²) in [6.07, 6.45) is 6.89. The lowest BCUT2D eigenvalue weighted by Crippen LogP contribution is -2.34. The molecule has 4 aliphatic rings. The van der Waals surface area contributed by atoms with E-state index in [1.54, 1.807) is 11.3 Å². The molecular weight excluding hydrogens is 298 g/mol. The van der Waals surface area contributed by atoms with Gasteiger partial charge in [-0.05, 0) is 30.1 Å². The number of likely N-dealkylation sites (tertiary alicyclic amines) is 1. The first-order valence-corrected chi connectivity index (χ1v) is 8.90. The summed E-state index contributed by atoms with van der Waals surface area (Å²) in [7, 11) is 0. The van der Waals surface area contributed by atoms with E-state index >= 15 is 0 Å². The van der Waals surface area contributed by atoms with E-state index in [1.165, 1.54) is 6.42 Å². The van der Waals surface area contributed by atoms with E-state index in [1.807, 2.05) is 4.90 Å². The minimum Gasteiger partial charge on any atom is -0.375 e. The summed E-state index contributed by atoms with van der Waals surface area (Å²) in [5.74, 6) is 2.77. The molecule has 22 heavy (non-hydrogen) atoms. The molecule has 2 amide bonds. The Bertz CT molecular complexity index is 612. The largest absolute Gasteiger partial charge is 0.375 e. The maximum Gasteiger partial charge on any atom is 0.323 e. The fourth-order valence-electron chi connectivity index (χ4n) is 4.57. The maximum atomic E-state index is 12.5. The highest BCUT2D eigenvalue weighted by atomic mass is 32.1. The normalized spacial score (nSPS) is 34.8. The highest BCUT2D eigenvalue weighted by Gasteiger charge is 2.50. The Labute approximate surface area is 133 Å². The lowest BCUT2D eigenvalue weighted by Gasteiger charge is -2.18. The van der Waals surface area contributed by atoms with Gasteiger partial charge in [0.25, 0.3) is 0 Å². The summed E-state index contributed by atoms with van der Waals surface area (Å²) in [5.41, 5.74) is 1.09. The summed E-state index contributed by atoms with van der Waals surface area (Å²) in [6, 6.07) is 0.0146. The molecule has 1 aromatic heterocycles. The number of hydrogen-bond acceptors (Lipinski definition) is 4. The molecule has 0 aromatic carbocycles. The number of anilines is 1. The number of urea groups is 1. The van der Waals surface area contributed by atoms with Gasteiger partial charge in [0.15, 0.2) is 5.13 Å². The fraction of sp³-hybridized carbons (Fsp3) is 0.625. The maximum absolute atomic E-state index is 12.5. The van der Waals surface area contributed by atoms with E-state index in [4.69, 9.17) is 4.74 Å². The Morgan fingerprint density at radius 3 is 2.82 bits per heavy atom. The number of nitrogens with one attached hydrogen (secondary N) is 1. The number of allylic oxidation sites excluding steroid dienone is 2. The SMILES string of the molecule is O=C(Nc1nc2c(s1)COCC2)N1C[C@@H]2C3C=CC(C3)[C@@H]2C1. The van der Waals surface area contributed by atoms with Crippen molar-refractivity contribution in [3.05, 3.63) is 22.7 Å². The van der Waals surface area contributed by atoms with Gasteiger partial charge in [-0.25, -0.2) is 9.78 Å². The number of aromatic nitrogens is 1. The van der Waals surface area contributed by atoms with Gasteiger partial charge in [-0.1, -0.05) is 23.5 Å². The summed E-state index contributed by atoms with van der Waals surface area (Å²) < 4.78 is 5.44. The van der Waals surface area contributed by atoms with Crippen molar-refractivity contribution < 1.29 is 9.53 Å². The summed E-state index contributed by atoms with van der Waals surface area (Å²) in [6.45, 7) is 3.16. The molecule has 2 bridgehead atoms. The fourth-order valence-corrected chi connectivity index (χ4v) is 5.50. The molecule has 1 N–H and O–H groups in total. The molecule has 4 atom stereocenters. The minimum atomic E-state index is 0.0146. The Hall–Kier alpha value is -1.40. The molecule has 2 fully saturated rings. The van der Waals surface area contributed by atoms with Gasteiger partial charge in [0, 0.05) is 19.5 Å². The van der Waals surface area contributed by atoms with Crippen LogP contribution < -0.4 is 5.32 Å². The lowest BCUT2D eigenvalue weighted by molar-refractivity contribution is 0.112. The van der Waals surface area contributed by atoms with Crippen molar-refractivity contribution in [1.82, 2.24) is 9.88 Å².